The Morgan fingerprint density at radius 2 is 0.915 bits per heavy atom. The molecule has 5 aromatic heterocycles. The van der Waals surface area contributed by atoms with Gasteiger partial charge in [-0.1, -0.05) is 53.4 Å². The van der Waals surface area contributed by atoms with E-state index in [1.54, 1.807) is 45.3 Å². The predicted molar refractivity (Wildman–Crippen MR) is 206 cm³/mol. The van der Waals surface area contributed by atoms with Crippen molar-refractivity contribution in [2.24, 2.45) is 0 Å². The van der Waals surface area contributed by atoms with Gasteiger partial charge in [-0.25, -0.2) is 8.78 Å². The van der Waals surface area contributed by atoms with Crippen molar-refractivity contribution in [1.29, 1.82) is 0 Å². The van der Waals surface area contributed by atoms with Crippen LogP contribution in [0.25, 0.3) is 72.3 Å². The van der Waals surface area contributed by atoms with E-state index in [1.165, 1.54) is 51.8 Å². The number of hydrogen-bond donors (Lipinski definition) is 0. The van der Waals surface area contributed by atoms with Gasteiger partial charge in [0.2, 0.25) is 0 Å². The van der Waals surface area contributed by atoms with Gasteiger partial charge in [-0.15, -0.1) is 45.3 Å². The fraction of sp³-hybridized carbons (Fsp3) is 0.316. The van der Waals surface area contributed by atoms with E-state index in [1.807, 2.05) is 0 Å². The Morgan fingerprint density at radius 3 is 1.30 bits per heavy atom. The molecular weight excluding hydrogens is 683 g/mol. The van der Waals surface area contributed by atoms with E-state index in [4.69, 9.17) is 0 Å². The van der Waals surface area contributed by atoms with Crippen molar-refractivity contribution >= 4 is 108 Å². The van der Waals surface area contributed by atoms with Crippen LogP contribution in [-0.2, 0) is 25.7 Å². The molecule has 0 amide bonds. The van der Waals surface area contributed by atoms with Gasteiger partial charge >= 0.3 is 0 Å². The molecule has 0 radical (unpaired) electrons. The monoisotopic (exact) mass is 716 g/mol. The van der Waals surface area contributed by atoms with Crippen LogP contribution in [0.5, 0.6) is 0 Å². The molecular formula is C38H34F2N2S5. The number of halogens is 2. The minimum atomic E-state index is -0.835. The van der Waals surface area contributed by atoms with Crippen molar-refractivity contribution in [3.05, 3.63) is 68.9 Å². The summed E-state index contributed by atoms with van der Waals surface area (Å²) in [4.78, 5) is 1.43. The molecule has 5 heterocycles. The molecule has 8 aromatic rings. The van der Waals surface area contributed by atoms with Crippen molar-refractivity contribution in [2.75, 3.05) is 0 Å². The molecule has 0 aliphatic heterocycles. The third kappa shape index (κ3) is 4.83. The van der Waals surface area contributed by atoms with Gasteiger partial charge in [0.1, 0.15) is 11.0 Å². The molecule has 0 unspecified atom stereocenters. The quantitative estimate of drug-likeness (QED) is 0.141. The Balaban J connectivity index is 1.37. The van der Waals surface area contributed by atoms with Crippen LogP contribution in [0.2, 0.25) is 0 Å². The number of benzene rings is 3. The molecule has 240 valence electrons. The molecule has 0 spiro atoms. The fourth-order valence-electron chi connectivity index (χ4n) is 7.39. The number of rotatable bonds is 10. The van der Waals surface area contributed by atoms with Gasteiger partial charge in [0.25, 0.3) is 0 Å². The zero-order valence-corrected chi connectivity index (χ0v) is 30.9. The molecule has 0 aliphatic rings. The zero-order chi connectivity index (χ0) is 32.4. The van der Waals surface area contributed by atoms with E-state index < -0.39 is 11.6 Å². The average Bonchev–Trinajstić information content (AvgIpc) is 3.90. The highest BCUT2D eigenvalue weighted by Crippen LogP contribution is 2.50. The molecule has 9 heteroatoms. The van der Waals surface area contributed by atoms with E-state index in [0.29, 0.717) is 20.8 Å². The first-order valence-corrected chi connectivity index (χ1v) is 20.7. The van der Waals surface area contributed by atoms with Crippen LogP contribution in [0, 0.1) is 11.6 Å². The van der Waals surface area contributed by atoms with Gasteiger partial charge in [0, 0.05) is 50.1 Å². The molecule has 0 fully saturated rings. The fourth-order valence-corrected chi connectivity index (χ4v) is 12.6. The van der Waals surface area contributed by atoms with Crippen LogP contribution in [0.4, 0.5) is 8.78 Å². The molecule has 3 aromatic carbocycles. The summed E-state index contributed by atoms with van der Waals surface area (Å²) >= 11 is 7.75. The van der Waals surface area contributed by atoms with Gasteiger partial charge in [0.05, 0.1) is 22.9 Å². The Morgan fingerprint density at radius 1 is 0.532 bits per heavy atom. The topological polar surface area (TPSA) is 25.8 Å². The molecule has 0 bridgehead atoms. The summed E-state index contributed by atoms with van der Waals surface area (Å²) in [5, 5.41) is 8.97. The second-order valence-corrected chi connectivity index (χ2v) is 16.8. The highest BCUT2D eigenvalue weighted by atomic mass is 32.1. The van der Waals surface area contributed by atoms with Gasteiger partial charge in [-0.3, -0.25) is 0 Å². The number of hydrogen-bond acceptors (Lipinski definition) is 7. The maximum Gasteiger partial charge on any atom is 0.170 e. The largest absolute Gasteiger partial charge is 0.203 e. The van der Waals surface area contributed by atoms with Crippen LogP contribution >= 0.6 is 57.1 Å². The minimum absolute atomic E-state index is 0.234. The van der Waals surface area contributed by atoms with Crippen LogP contribution in [-0.4, -0.2) is 8.75 Å². The SMILES string of the molecule is CCCc1c(CCC)c2sc(-c3c(F)c(F)c(-c4cc5c(s4)c(CCC)c(CCC)c4sccc45)c4nsnc34)cc2c2ccsc12. The van der Waals surface area contributed by atoms with Crippen molar-refractivity contribution < 1.29 is 8.78 Å². The lowest BCUT2D eigenvalue weighted by molar-refractivity contribution is 0.516. The van der Waals surface area contributed by atoms with E-state index in [9.17, 15) is 0 Å². The van der Waals surface area contributed by atoms with Crippen LogP contribution < -0.4 is 0 Å². The molecule has 0 aliphatic carbocycles. The number of nitrogens with zero attached hydrogens (tertiary/aromatic N) is 2. The Hall–Kier alpha value is -2.82. The van der Waals surface area contributed by atoms with E-state index in [0.717, 1.165) is 73.9 Å². The third-order valence-electron chi connectivity index (χ3n) is 9.29. The van der Waals surface area contributed by atoms with E-state index in [-0.39, 0.29) is 11.1 Å². The summed E-state index contributed by atoms with van der Waals surface area (Å²) in [5.41, 5.74) is 6.90. The summed E-state index contributed by atoms with van der Waals surface area (Å²) < 4.78 is 47.6. The second-order valence-electron chi connectivity index (χ2n) is 12.3. The second kappa shape index (κ2) is 12.6. The Labute approximate surface area is 293 Å². The number of fused-ring (bicyclic) bond motifs is 7. The first kappa shape index (κ1) is 31.4. The maximum atomic E-state index is 16.7. The van der Waals surface area contributed by atoms with Gasteiger partial charge in [-0.05, 0) is 83.0 Å². The highest BCUT2D eigenvalue weighted by Gasteiger charge is 2.29. The van der Waals surface area contributed by atoms with Crippen LogP contribution in [0.1, 0.15) is 75.6 Å². The summed E-state index contributed by atoms with van der Waals surface area (Å²) in [6.45, 7) is 8.86. The maximum absolute atomic E-state index is 16.7. The lowest BCUT2D eigenvalue weighted by atomic mass is 9.95. The molecule has 0 saturated heterocycles. The van der Waals surface area contributed by atoms with E-state index >= 15 is 8.78 Å². The van der Waals surface area contributed by atoms with Crippen molar-refractivity contribution in [3.63, 3.8) is 0 Å². The van der Waals surface area contributed by atoms with Crippen molar-refractivity contribution in [3.8, 4) is 20.9 Å². The van der Waals surface area contributed by atoms with E-state index in [2.05, 4.69) is 71.5 Å². The molecule has 0 atom stereocenters. The van der Waals surface area contributed by atoms with Gasteiger partial charge in [0.15, 0.2) is 11.6 Å². The van der Waals surface area contributed by atoms with Crippen molar-refractivity contribution in [1.82, 2.24) is 8.75 Å². The summed E-state index contributed by atoms with van der Waals surface area (Å²) in [6, 6.07) is 8.50. The molecule has 47 heavy (non-hydrogen) atoms. The summed E-state index contributed by atoms with van der Waals surface area (Å²) in [6.07, 6.45) is 8.14. The van der Waals surface area contributed by atoms with Crippen molar-refractivity contribution in [2.45, 2.75) is 79.1 Å². The molecule has 8 rings (SSSR count). The van der Waals surface area contributed by atoms with Gasteiger partial charge < -0.3 is 0 Å². The summed E-state index contributed by atoms with van der Waals surface area (Å²) in [5.74, 6) is -1.67. The number of aromatic nitrogens is 2. The Kier molecular flexibility index (Phi) is 8.41. The lowest BCUT2D eigenvalue weighted by Crippen LogP contribution is -1.95. The smallest absolute Gasteiger partial charge is 0.170 e. The summed E-state index contributed by atoms with van der Waals surface area (Å²) in [7, 11) is 0. The third-order valence-corrected chi connectivity index (χ3v) is 14.2. The minimum Gasteiger partial charge on any atom is -0.203 e. The first-order chi connectivity index (χ1) is 23.0. The average molecular weight is 717 g/mol. The lowest BCUT2D eigenvalue weighted by Gasteiger charge is -2.12. The highest BCUT2D eigenvalue weighted by molar-refractivity contribution is 7.24. The molecule has 0 N–H and O–H groups in total. The standard InChI is InChI=1S/C38H34F2N2S5/c1-5-9-19-21(11-7-3)37-25(23-13-15-43-35(19)23)17-27(45-37)29-31(39)32(40)30(34-33(29)41-47-42-34)28-18-26-24-14-16-44-36(24)20(10-6-2)22(12-8-4)38(26)46-28/h13-18H,5-12H2,1-4H3. The zero-order valence-electron chi connectivity index (χ0n) is 26.8. The predicted octanol–water partition coefficient (Wildman–Crippen LogP) is 14.0. The first-order valence-electron chi connectivity index (χ1n) is 16.5. The molecule has 0 saturated carbocycles. The van der Waals surface area contributed by atoms with Crippen LogP contribution in [0.3, 0.4) is 0 Å². The number of aryl methyl sites for hydroxylation is 4. The number of thiophene rings is 4. The molecule has 2 nitrogen and oxygen atoms in total. The van der Waals surface area contributed by atoms with Gasteiger partial charge in [-0.2, -0.15) is 8.75 Å². The van der Waals surface area contributed by atoms with Crippen LogP contribution in [0.15, 0.2) is 35.0 Å². The Bertz CT molecular complexity index is 2290. The normalized spacial score (nSPS) is 12.3.